The molecule has 2 atom stereocenters. The van der Waals surface area contributed by atoms with Gasteiger partial charge in [-0.3, -0.25) is 4.90 Å². The molecule has 0 aromatic carbocycles. The Hall–Kier alpha value is 0.200. The monoisotopic (exact) mass is 232 g/mol. The summed E-state index contributed by atoms with van der Waals surface area (Å²) in [6.07, 6.45) is 2.12. The SMILES string of the molecule is CCC1CN(C(C)CC(N)=S)CCS1. The fraction of sp³-hybridized carbons (Fsp3) is 0.900. The predicted octanol–water partition coefficient (Wildman–Crippen LogP) is 1.88. The van der Waals surface area contributed by atoms with Gasteiger partial charge in [-0.1, -0.05) is 19.1 Å². The Labute approximate surface area is 96.6 Å². The van der Waals surface area contributed by atoms with Crippen molar-refractivity contribution in [2.75, 3.05) is 18.8 Å². The van der Waals surface area contributed by atoms with E-state index in [1.807, 2.05) is 0 Å². The summed E-state index contributed by atoms with van der Waals surface area (Å²) >= 11 is 7.04. The van der Waals surface area contributed by atoms with Crippen LogP contribution in [-0.2, 0) is 0 Å². The first kappa shape index (κ1) is 12.3. The third-order valence-corrected chi connectivity index (χ3v) is 4.28. The Kier molecular flexibility index (Phi) is 5.20. The van der Waals surface area contributed by atoms with E-state index in [1.165, 1.54) is 25.3 Å². The van der Waals surface area contributed by atoms with Gasteiger partial charge in [-0.25, -0.2) is 0 Å². The lowest BCUT2D eigenvalue weighted by atomic mass is 10.2. The largest absolute Gasteiger partial charge is 0.393 e. The first-order valence-electron chi connectivity index (χ1n) is 5.27. The van der Waals surface area contributed by atoms with Gasteiger partial charge in [-0.2, -0.15) is 11.8 Å². The van der Waals surface area contributed by atoms with E-state index in [0.717, 1.165) is 11.7 Å². The molecule has 0 saturated carbocycles. The highest BCUT2D eigenvalue weighted by molar-refractivity contribution is 8.00. The molecule has 4 heteroatoms. The van der Waals surface area contributed by atoms with Gasteiger partial charge >= 0.3 is 0 Å². The molecule has 1 saturated heterocycles. The number of thioether (sulfide) groups is 1. The molecular weight excluding hydrogens is 212 g/mol. The average Bonchev–Trinajstić information content (AvgIpc) is 2.17. The van der Waals surface area contributed by atoms with Crippen LogP contribution in [0.3, 0.4) is 0 Å². The van der Waals surface area contributed by atoms with Gasteiger partial charge < -0.3 is 5.73 Å². The third kappa shape index (κ3) is 3.75. The number of hydrogen-bond donors (Lipinski definition) is 1. The van der Waals surface area contributed by atoms with Crippen molar-refractivity contribution in [1.82, 2.24) is 4.90 Å². The van der Waals surface area contributed by atoms with Crippen LogP contribution in [0.2, 0.25) is 0 Å². The highest BCUT2D eigenvalue weighted by atomic mass is 32.2. The quantitative estimate of drug-likeness (QED) is 0.750. The Morgan fingerprint density at radius 3 is 3.00 bits per heavy atom. The first-order valence-corrected chi connectivity index (χ1v) is 6.73. The first-order chi connectivity index (χ1) is 6.63. The second-order valence-corrected chi connectivity index (χ2v) is 5.85. The van der Waals surface area contributed by atoms with E-state index in [9.17, 15) is 0 Å². The number of nitrogens with zero attached hydrogens (tertiary/aromatic N) is 1. The van der Waals surface area contributed by atoms with Gasteiger partial charge in [0.1, 0.15) is 0 Å². The smallest absolute Gasteiger partial charge is 0.0742 e. The minimum Gasteiger partial charge on any atom is -0.393 e. The Morgan fingerprint density at radius 1 is 1.71 bits per heavy atom. The number of hydrogen-bond acceptors (Lipinski definition) is 3. The van der Waals surface area contributed by atoms with E-state index >= 15 is 0 Å². The molecule has 1 rings (SSSR count). The van der Waals surface area contributed by atoms with Crippen molar-refractivity contribution < 1.29 is 0 Å². The molecule has 0 amide bonds. The summed E-state index contributed by atoms with van der Waals surface area (Å²) in [5, 5.41) is 0.803. The van der Waals surface area contributed by atoms with Crippen molar-refractivity contribution in [2.45, 2.75) is 38.0 Å². The van der Waals surface area contributed by atoms with Crippen molar-refractivity contribution >= 4 is 29.0 Å². The highest BCUT2D eigenvalue weighted by Gasteiger charge is 2.22. The second-order valence-electron chi connectivity index (χ2n) is 3.92. The van der Waals surface area contributed by atoms with Crippen molar-refractivity contribution in [2.24, 2.45) is 5.73 Å². The molecule has 0 radical (unpaired) electrons. The number of thiocarbonyl (C=S) groups is 1. The maximum absolute atomic E-state index is 5.57. The van der Waals surface area contributed by atoms with Crippen LogP contribution in [0, 0.1) is 0 Å². The molecule has 2 N–H and O–H groups in total. The Bertz CT molecular complexity index is 197. The Morgan fingerprint density at radius 2 is 2.43 bits per heavy atom. The van der Waals surface area contributed by atoms with Gasteiger partial charge in [-0.15, -0.1) is 0 Å². The highest BCUT2D eigenvalue weighted by Crippen LogP contribution is 2.23. The standard InChI is InChI=1S/C10H20N2S2/c1-3-9-7-12(4-5-14-9)8(2)6-10(11)13/h8-9H,3-7H2,1-2H3,(H2,11,13). The van der Waals surface area contributed by atoms with Gasteiger partial charge in [0.25, 0.3) is 0 Å². The molecule has 1 aliphatic heterocycles. The van der Waals surface area contributed by atoms with Gasteiger partial charge in [0.15, 0.2) is 0 Å². The number of nitrogens with two attached hydrogens (primary N) is 1. The molecule has 1 aliphatic rings. The fourth-order valence-electron chi connectivity index (χ4n) is 1.81. The maximum atomic E-state index is 5.57. The minimum atomic E-state index is 0.516. The summed E-state index contributed by atoms with van der Waals surface area (Å²) in [5.74, 6) is 1.25. The molecule has 14 heavy (non-hydrogen) atoms. The molecule has 0 aromatic heterocycles. The fourth-order valence-corrected chi connectivity index (χ4v) is 3.26. The van der Waals surface area contributed by atoms with E-state index in [0.29, 0.717) is 11.0 Å². The molecule has 0 aliphatic carbocycles. The number of rotatable bonds is 4. The third-order valence-electron chi connectivity index (χ3n) is 2.75. The summed E-state index contributed by atoms with van der Waals surface area (Å²) < 4.78 is 0. The van der Waals surface area contributed by atoms with Crippen molar-refractivity contribution in [3.05, 3.63) is 0 Å². The molecular formula is C10H20N2S2. The topological polar surface area (TPSA) is 29.3 Å². The summed E-state index contributed by atoms with van der Waals surface area (Å²) in [5.41, 5.74) is 5.57. The molecule has 0 aromatic rings. The van der Waals surface area contributed by atoms with Crippen LogP contribution in [0.4, 0.5) is 0 Å². The normalized spacial score (nSPS) is 26.0. The van der Waals surface area contributed by atoms with Crippen molar-refractivity contribution in [3.63, 3.8) is 0 Å². The van der Waals surface area contributed by atoms with Crippen molar-refractivity contribution in [3.8, 4) is 0 Å². The van der Waals surface area contributed by atoms with E-state index in [-0.39, 0.29) is 0 Å². The van der Waals surface area contributed by atoms with E-state index in [4.69, 9.17) is 18.0 Å². The molecule has 1 heterocycles. The lowest BCUT2D eigenvalue weighted by molar-refractivity contribution is 0.219. The van der Waals surface area contributed by atoms with Crippen LogP contribution in [0.25, 0.3) is 0 Å². The lowest BCUT2D eigenvalue weighted by Gasteiger charge is -2.36. The zero-order chi connectivity index (χ0) is 10.6. The Balaban J connectivity index is 2.38. The van der Waals surface area contributed by atoms with Crippen LogP contribution >= 0.6 is 24.0 Å². The summed E-state index contributed by atoms with van der Waals surface area (Å²) in [6, 6.07) is 0.516. The summed E-state index contributed by atoms with van der Waals surface area (Å²) in [4.78, 5) is 3.16. The van der Waals surface area contributed by atoms with Gasteiger partial charge in [0, 0.05) is 36.6 Å². The average molecular weight is 232 g/mol. The van der Waals surface area contributed by atoms with E-state index in [2.05, 4.69) is 30.5 Å². The summed E-state index contributed by atoms with van der Waals surface area (Å²) in [7, 11) is 0. The molecule has 1 fully saturated rings. The van der Waals surface area contributed by atoms with Gasteiger partial charge in [0.05, 0.1) is 4.99 Å². The van der Waals surface area contributed by atoms with Crippen molar-refractivity contribution in [1.29, 1.82) is 0 Å². The van der Waals surface area contributed by atoms with Crippen LogP contribution in [-0.4, -0.2) is 40.0 Å². The van der Waals surface area contributed by atoms with Gasteiger partial charge in [-0.05, 0) is 13.3 Å². The molecule has 82 valence electrons. The van der Waals surface area contributed by atoms with E-state index < -0.39 is 0 Å². The zero-order valence-corrected chi connectivity index (χ0v) is 10.7. The second kappa shape index (κ2) is 5.93. The zero-order valence-electron chi connectivity index (χ0n) is 9.03. The van der Waals surface area contributed by atoms with Crippen LogP contribution in [0.15, 0.2) is 0 Å². The van der Waals surface area contributed by atoms with Gasteiger partial charge in [0.2, 0.25) is 0 Å². The van der Waals surface area contributed by atoms with Crippen LogP contribution < -0.4 is 5.73 Å². The predicted molar refractivity (Wildman–Crippen MR) is 69.0 cm³/mol. The molecule has 0 spiro atoms. The maximum Gasteiger partial charge on any atom is 0.0742 e. The summed E-state index contributed by atoms with van der Waals surface area (Å²) in [6.45, 7) is 6.87. The minimum absolute atomic E-state index is 0.516. The van der Waals surface area contributed by atoms with Crippen LogP contribution in [0.5, 0.6) is 0 Å². The molecule has 2 nitrogen and oxygen atoms in total. The van der Waals surface area contributed by atoms with Crippen LogP contribution in [0.1, 0.15) is 26.7 Å². The molecule has 0 bridgehead atoms. The molecule has 2 unspecified atom stereocenters. The lowest BCUT2D eigenvalue weighted by Crippen LogP contribution is -2.44. The van der Waals surface area contributed by atoms with E-state index in [1.54, 1.807) is 0 Å².